The lowest BCUT2D eigenvalue weighted by Gasteiger charge is -2.28. The lowest BCUT2D eigenvalue weighted by Crippen LogP contribution is -2.29. The van der Waals surface area contributed by atoms with Crippen LogP contribution in [0.15, 0.2) is 16.6 Å². The third kappa shape index (κ3) is 3.22. The minimum absolute atomic E-state index is 0.0607. The highest BCUT2D eigenvalue weighted by Gasteiger charge is 2.25. The Balaban J connectivity index is 2.27. The first-order chi connectivity index (χ1) is 9.17. The molecule has 1 aromatic rings. The second-order valence-electron chi connectivity index (χ2n) is 4.73. The van der Waals surface area contributed by atoms with Crippen molar-refractivity contribution in [2.75, 3.05) is 27.4 Å². The predicted molar refractivity (Wildman–Crippen MR) is 77.7 cm³/mol. The molecule has 1 aromatic carbocycles. The van der Waals surface area contributed by atoms with Gasteiger partial charge in [0, 0.05) is 23.0 Å². The summed E-state index contributed by atoms with van der Waals surface area (Å²) in [5, 5.41) is 0. The number of nitrogens with two attached hydrogens (primary N) is 1. The van der Waals surface area contributed by atoms with Crippen molar-refractivity contribution in [3.8, 4) is 11.5 Å². The van der Waals surface area contributed by atoms with Crippen LogP contribution in [0.3, 0.4) is 0 Å². The Morgan fingerprint density at radius 3 is 2.58 bits per heavy atom. The van der Waals surface area contributed by atoms with Crippen LogP contribution in [0.1, 0.15) is 24.4 Å². The molecule has 2 rings (SSSR count). The van der Waals surface area contributed by atoms with Crippen molar-refractivity contribution >= 4 is 15.9 Å². The van der Waals surface area contributed by atoms with E-state index in [9.17, 15) is 0 Å². The topological polar surface area (TPSA) is 53.7 Å². The molecule has 2 atom stereocenters. The first-order valence-corrected chi connectivity index (χ1v) is 7.21. The molecule has 19 heavy (non-hydrogen) atoms. The zero-order valence-corrected chi connectivity index (χ0v) is 12.9. The van der Waals surface area contributed by atoms with Crippen molar-refractivity contribution in [3.05, 3.63) is 22.2 Å². The average molecular weight is 330 g/mol. The van der Waals surface area contributed by atoms with E-state index in [1.54, 1.807) is 14.2 Å². The van der Waals surface area contributed by atoms with E-state index in [0.29, 0.717) is 17.4 Å². The molecule has 1 aliphatic heterocycles. The van der Waals surface area contributed by atoms with Crippen molar-refractivity contribution in [2.45, 2.75) is 18.9 Å². The second kappa shape index (κ2) is 6.59. The van der Waals surface area contributed by atoms with E-state index in [-0.39, 0.29) is 6.04 Å². The molecule has 2 unspecified atom stereocenters. The fraction of sp³-hybridized carbons (Fsp3) is 0.571. The molecular weight excluding hydrogens is 310 g/mol. The smallest absolute Gasteiger partial charge is 0.161 e. The van der Waals surface area contributed by atoms with E-state index in [4.69, 9.17) is 19.9 Å². The molecule has 106 valence electrons. The molecule has 0 amide bonds. The maximum atomic E-state index is 6.38. The van der Waals surface area contributed by atoms with Gasteiger partial charge in [-0.3, -0.25) is 0 Å². The van der Waals surface area contributed by atoms with Gasteiger partial charge in [0.15, 0.2) is 11.5 Å². The predicted octanol–water partition coefficient (Wildman–Crippen LogP) is 2.89. The molecule has 0 saturated carbocycles. The molecule has 0 radical (unpaired) electrons. The summed E-state index contributed by atoms with van der Waals surface area (Å²) in [6, 6.07) is 3.79. The van der Waals surface area contributed by atoms with Crippen molar-refractivity contribution in [2.24, 2.45) is 11.7 Å². The zero-order valence-electron chi connectivity index (χ0n) is 11.3. The number of methoxy groups -OCH3 is 2. The molecule has 4 nitrogen and oxygen atoms in total. The Morgan fingerprint density at radius 1 is 1.32 bits per heavy atom. The summed E-state index contributed by atoms with van der Waals surface area (Å²) in [6.45, 7) is 1.57. The first-order valence-electron chi connectivity index (χ1n) is 6.42. The molecular formula is C14H20BrNO3. The highest BCUT2D eigenvalue weighted by Crippen LogP contribution is 2.38. The van der Waals surface area contributed by atoms with Crippen LogP contribution in [-0.2, 0) is 4.74 Å². The van der Waals surface area contributed by atoms with Crippen LogP contribution in [0, 0.1) is 5.92 Å². The third-order valence-corrected chi connectivity index (χ3v) is 4.25. The van der Waals surface area contributed by atoms with Gasteiger partial charge in [0.25, 0.3) is 0 Å². The lowest BCUT2D eigenvalue weighted by molar-refractivity contribution is 0.0446. The molecule has 0 bridgehead atoms. The fourth-order valence-electron chi connectivity index (χ4n) is 2.43. The first kappa shape index (κ1) is 14.6. The van der Waals surface area contributed by atoms with Crippen LogP contribution in [0.5, 0.6) is 11.5 Å². The van der Waals surface area contributed by atoms with E-state index >= 15 is 0 Å². The molecule has 1 fully saturated rings. The van der Waals surface area contributed by atoms with E-state index in [0.717, 1.165) is 36.1 Å². The van der Waals surface area contributed by atoms with Crippen LogP contribution in [-0.4, -0.2) is 27.4 Å². The number of ether oxygens (including phenoxy) is 3. The number of hydrogen-bond acceptors (Lipinski definition) is 4. The van der Waals surface area contributed by atoms with Gasteiger partial charge in [-0.2, -0.15) is 0 Å². The summed E-state index contributed by atoms with van der Waals surface area (Å²) in [5.74, 6) is 1.75. The minimum Gasteiger partial charge on any atom is -0.493 e. The summed E-state index contributed by atoms with van der Waals surface area (Å²) in [6.07, 6.45) is 2.17. The van der Waals surface area contributed by atoms with E-state index in [1.165, 1.54) is 0 Å². The third-order valence-electron chi connectivity index (χ3n) is 3.57. The van der Waals surface area contributed by atoms with Crippen LogP contribution in [0.2, 0.25) is 0 Å². The summed E-state index contributed by atoms with van der Waals surface area (Å²) in [5.41, 5.74) is 7.41. The minimum atomic E-state index is -0.0607. The number of halogens is 1. The van der Waals surface area contributed by atoms with Gasteiger partial charge in [-0.15, -0.1) is 0 Å². The molecule has 1 aliphatic rings. The summed E-state index contributed by atoms with van der Waals surface area (Å²) in [4.78, 5) is 0. The maximum Gasteiger partial charge on any atom is 0.161 e. The Bertz CT molecular complexity index is 433. The largest absolute Gasteiger partial charge is 0.493 e. The molecule has 0 aromatic heterocycles. The van der Waals surface area contributed by atoms with Crippen molar-refractivity contribution < 1.29 is 14.2 Å². The Morgan fingerprint density at radius 2 is 2.00 bits per heavy atom. The molecule has 0 spiro atoms. The maximum absolute atomic E-state index is 6.38. The lowest BCUT2D eigenvalue weighted by atomic mass is 9.89. The summed E-state index contributed by atoms with van der Waals surface area (Å²) >= 11 is 3.56. The van der Waals surface area contributed by atoms with E-state index < -0.39 is 0 Å². The van der Waals surface area contributed by atoms with Crippen LogP contribution < -0.4 is 15.2 Å². The number of benzene rings is 1. The molecule has 1 heterocycles. The van der Waals surface area contributed by atoms with Gasteiger partial charge in [0.05, 0.1) is 20.8 Å². The Hall–Kier alpha value is -0.780. The van der Waals surface area contributed by atoms with Gasteiger partial charge < -0.3 is 19.9 Å². The Kier molecular flexibility index (Phi) is 5.07. The summed E-state index contributed by atoms with van der Waals surface area (Å²) < 4.78 is 17.1. The van der Waals surface area contributed by atoms with Gasteiger partial charge >= 0.3 is 0 Å². The van der Waals surface area contributed by atoms with E-state index in [2.05, 4.69) is 15.9 Å². The van der Waals surface area contributed by atoms with E-state index in [1.807, 2.05) is 12.1 Å². The molecule has 0 aliphatic carbocycles. The molecule has 2 N–H and O–H groups in total. The SMILES string of the molecule is COc1cc(Br)c(C(N)C2CCCOC2)cc1OC. The highest BCUT2D eigenvalue weighted by atomic mass is 79.9. The van der Waals surface area contributed by atoms with Crippen molar-refractivity contribution in [1.29, 1.82) is 0 Å². The summed E-state index contributed by atoms with van der Waals surface area (Å²) in [7, 11) is 3.25. The van der Waals surface area contributed by atoms with Gasteiger partial charge in [0.1, 0.15) is 0 Å². The van der Waals surface area contributed by atoms with Crippen molar-refractivity contribution in [1.82, 2.24) is 0 Å². The normalized spacial score (nSPS) is 20.9. The van der Waals surface area contributed by atoms with Gasteiger partial charge in [-0.1, -0.05) is 15.9 Å². The van der Waals surface area contributed by atoms with Crippen LogP contribution in [0.4, 0.5) is 0 Å². The van der Waals surface area contributed by atoms with Crippen LogP contribution in [0.25, 0.3) is 0 Å². The fourth-order valence-corrected chi connectivity index (χ4v) is 3.01. The molecule has 1 saturated heterocycles. The van der Waals surface area contributed by atoms with Gasteiger partial charge in [0.2, 0.25) is 0 Å². The van der Waals surface area contributed by atoms with Gasteiger partial charge in [-0.05, 0) is 30.5 Å². The Labute approximate surface area is 122 Å². The monoisotopic (exact) mass is 329 g/mol. The van der Waals surface area contributed by atoms with Gasteiger partial charge in [-0.25, -0.2) is 0 Å². The quantitative estimate of drug-likeness (QED) is 0.922. The standard InChI is InChI=1S/C14H20BrNO3/c1-17-12-6-10(11(15)7-13(12)18-2)14(16)9-4-3-5-19-8-9/h6-7,9,14H,3-5,8,16H2,1-2H3. The highest BCUT2D eigenvalue weighted by molar-refractivity contribution is 9.10. The van der Waals surface area contributed by atoms with Crippen LogP contribution >= 0.6 is 15.9 Å². The van der Waals surface area contributed by atoms with Crippen molar-refractivity contribution in [3.63, 3.8) is 0 Å². The number of rotatable bonds is 4. The number of hydrogen-bond donors (Lipinski definition) is 1. The zero-order chi connectivity index (χ0) is 13.8. The second-order valence-corrected chi connectivity index (χ2v) is 5.59. The molecule has 5 heteroatoms. The average Bonchev–Trinajstić information content (AvgIpc) is 2.47.